The van der Waals surface area contributed by atoms with E-state index in [0.29, 0.717) is 0 Å². The van der Waals surface area contributed by atoms with Gasteiger partial charge in [-0.05, 0) is 18.1 Å². The van der Waals surface area contributed by atoms with Gasteiger partial charge in [0, 0.05) is 12.1 Å². The summed E-state index contributed by atoms with van der Waals surface area (Å²) < 4.78 is 5.05. The number of nitrogens with zero attached hydrogens (tertiary/aromatic N) is 1. The lowest BCUT2D eigenvalue weighted by Gasteiger charge is -2.16. The lowest BCUT2D eigenvalue weighted by Crippen LogP contribution is -2.39. The Morgan fingerprint density at radius 2 is 2.00 bits per heavy atom. The molecule has 0 aliphatic heterocycles. The van der Waals surface area contributed by atoms with Crippen LogP contribution in [0.3, 0.4) is 0 Å². The van der Waals surface area contributed by atoms with Crippen LogP contribution in [0.15, 0.2) is 24.3 Å². The number of carbonyl (C=O) groups excluding carboxylic acids is 1. The molecule has 2 atom stereocenters. The highest BCUT2D eigenvalue weighted by Gasteiger charge is 2.21. The third-order valence-corrected chi connectivity index (χ3v) is 2.80. The first-order valence-electron chi connectivity index (χ1n) is 5.67. The molecule has 6 nitrogen and oxygen atoms in total. The van der Waals surface area contributed by atoms with Gasteiger partial charge in [0.1, 0.15) is 11.8 Å². The lowest BCUT2D eigenvalue weighted by atomic mass is 10.0. The molecule has 0 fully saturated rings. The molecule has 1 rings (SSSR count). The summed E-state index contributed by atoms with van der Waals surface area (Å²) in [6.07, 6.45) is 0.774. The number of carbonyl (C=O) groups is 1. The predicted molar refractivity (Wildman–Crippen MR) is 66.2 cm³/mol. The van der Waals surface area contributed by atoms with E-state index in [0.717, 1.165) is 6.42 Å². The van der Waals surface area contributed by atoms with Gasteiger partial charge in [0.05, 0.1) is 4.92 Å². The molecule has 0 saturated carbocycles. The highest BCUT2D eigenvalue weighted by Crippen LogP contribution is 2.18. The van der Waals surface area contributed by atoms with Gasteiger partial charge in [-0.1, -0.05) is 20.3 Å². The highest BCUT2D eigenvalue weighted by atomic mass is 16.6. The lowest BCUT2D eigenvalue weighted by molar-refractivity contribution is -0.384. The van der Waals surface area contributed by atoms with Gasteiger partial charge < -0.3 is 10.5 Å². The maximum absolute atomic E-state index is 11.7. The predicted octanol–water partition coefficient (Wildman–Crippen LogP) is 1.87. The average molecular weight is 252 g/mol. The Kier molecular flexibility index (Phi) is 4.79. The number of ether oxygens (including phenoxy) is 1. The topological polar surface area (TPSA) is 95.5 Å². The summed E-state index contributed by atoms with van der Waals surface area (Å²) in [5.41, 5.74) is 5.66. The molecule has 0 spiro atoms. The van der Waals surface area contributed by atoms with Crippen molar-refractivity contribution >= 4 is 11.7 Å². The number of benzene rings is 1. The summed E-state index contributed by atoms with van der Waals surface area (Å²) in [5.74, 6) is -0.252. The summed E-state index contributed by atoms with van der Waals surface area (Å²) in [4.78, 5) is 21.6. The van der Waals surface area contributed by atoms with Crippen LogP contribution in [0, 0.1) is 16.0 Å². The van der Waals surface area contributed by atoms with Crippen LogP contribution in [-0.2, 0) is 4.79 Å². The summed E-state index contributed by atoms with van der Waals surface area (Å²) in [6.45, 7) is 3.80. The standard InChI is InChI=1S/C12H16N2O4/c1-3-8(2)11(13)12(15)18-10-6-4-9(5-7-10)14(16)17/h4-8,11H,3,13H2,1-2H3/t8-,11-/m0/s1. The van der Waals surface area contributed by atoms with Gasteiger partial charge in [-0.15, -0.1) is 0 Å². The van der Waals surface area contributed by atoms with Crippen LogP contribution in [0.5, 0.6) is 5.75 Å². The molecule has 98 valence electrons. The summed E-state index contributed by atoms with van der Waals surface area (Å²) >= 11 is 0. The van der Waals surface area contributed by atoms with Crippen molar-refractivity contribution in [2.24, 2.45) is 11.7 Å². The quantitative estimate of drug-likeness (QED) is 0.373. The Bertz CT molecular complexity index is 430. The third kappa shape index (κ3) is 3.53. The maximum atomic E-state index is 11.7. The first kappa shape index (κ1) is 14.1. The summed E-state index contributed by atoms with van der Waals surface area (Å²) in [6, 6.07) is 4.61. The number of nitrogens with two attached hydrogens (primary N) is 1. The van der Waals surface area contributed by atoms with E-state index in [-0.39, 0.29) is 17.4 Å². The van der Waals surface area contributed by atoms with Gasteiger partial charge in [-0.25, -0.2) is 4.79 Å². The molecular formula is C12H16N2O4. The van der Waals surface area contributed by atoms with Crippen LogP contribution in [0.25, 0.3) is 0 Å². The van der Waals surface area contributed by atoms with Crippen molar-refractivity contribution in [2.45, 2.75) is 26.3 Å². The fourth-order valence-corrected chi connectivity index (χ4v) is 1.31. The van der Waals surface area contributed by atoms with Crippen LogP contribution in [0.1, 0.15) is 20.3 Å². The second-order valence-corrected chi connectivity index (χ2v) is 4.08. The fourth-order valence-electron chi connectivity index (χ4n) is 1.31. The fraction of sp³-hybridized carbons (Fsp3) is 0.417. The zero-order valence-electron chi connectivity index (χ0n) is 10.3. The highest BCUT2D eigenvalue weighted by molar-refractivity contribution is 5.78. The van der Waals surface area contributed by atoms with E-state index in [9.17, 15) is 14.9 Å². The minimum atomic E-state index is -0.690. The number of nitro groups is 1. The van der Waals surface area contributed by atoms with Gasteiger partial charge in [0.2, 0.25) is 0 Å². The van der Waals surface area contributed by atoms with Crippen LogP contribution < -0.4 is 10.5 Å². The van der Waals surface area contributed by atoms with Gasteiger partial charge in [0.25, 0.3) is 5.69 Å². The Labute approximate surface area is 105 Å². The van der Waals surface area contributed by atoms with Gasteiger partial charge in [-0.3, -0.25) is 10.1 Å². The molecule has 0 amide bonds. The van der Waals surface area contributed by atoms with Crippen LogP contribution >= 0.6 is 0 Å². The molecular weight excluding hydrogens is 236 g/mol. The smallest absolute Gasteiger partial charge is 0.328 e. The van der Waals surface area contributed by atoms with E-state index >= 15 is 0 Å². The number of non-ortho nitro benzene ring substituents is 1. The molecule has 0 unspecified atom stereocenters. The van der Waals surface area contributed by atoms with E-state index in [1.54, 1.807) is 0 Å². The average Bonchev–Trinajstić information content (AvgIpc) is 2.37. The first-order chi connectivity index (χ1) is 8.45. The number of hydrogen-bond donors (Lipinski definition) is 1. The summed E-state index contributed by atoms with van der Waals surface area (Å²) in [5, 5.41) is 10.4. The van der Waals surface area contributed by atoms with Crippen LogP contribution in [-0.4, -0.2) is 16.9 Å². The van der Waals surface area contributed by atoms with Crippen LogP contribution in [0.2, 0.25) is 0 Å². The summed E-state index contributed by atoms with van der Waals surface area (Å²) in [7, 11) is 0. The van der Waals surface area contributed by atoms with Crippen molar-refractivity contribution in [1.82, 2.24) is 0 Å². The second-order valence-electron chi connectivity index (χ2n) is 4.08. The molecule has 0 heterocycles. The number of nitro benzene ring substituents is 1. The zero-order valence-corrected chi connectivity index (χ0v) is 10.3. The Morgan fingerprint density at radius 3 is 2.44 bits per heavy atom. The Hall–Kier alpha value is -1.95. The molecule has 1 aromatic rings. The number of esters is 1. The Morgan fingerprint density at radius 1 is 1.44 bits per heavy atom. The van der Waals surface area contributed by atoms with E-state index in [1.165, 1.54) is 24.3 Å². The monoisotopic (exact) mass is 252 g/mol. The van der Waals surface area contributed by atoms with E-state index in [4.69, 9.17) is 10.5 Å². The van der Waals surface area contributed by atoms with E-state index in [1.807, 2.05) is 13.8 Å². The molecule has 0 radical (unpaired) electrons. The minimum Gasteiger partial charge on any atom is -0.425 e. The van der Waals surface area contributed by atoms with E-state index in [2.05, 4.69) is 0 Å². The zero-order chi connectivity index (χ0) is 13.7. The number of rotatable bonds is 5. The van der Waals surface area contributed by atoms with E-state index < -0.39 is 16.9 Å². The molecule has 0 aliphatic rings. The van der Waals surface area contributed by atoms with Gasteiger partial charge >= 0.3 is 5.97 Å². The van der Waals surface area contributed by atoms with Crippen molar-refractivity contribution in [1.29, 1.82) is 0 Å². The SMILES string of the molecule is CC[C@H](C)[C@H](N)C(=O)Oc1ccc([N+](=O)[O-])cc1. The molecule has 0 bridgehead atoms. The van der Waals surface area contributed by atoms with Crippen molar-refractivity contribution in [3.8, 4) is 5.75 Å². The molecule has 0 saturated heterocycles. The van der Waals surface area contributed by atoms with Crippen molar-refractivity contribution in [3.63, 3.8) is 0 Å². The molecule has 0 aliphatic carbocycles. The maximum Gasteiger partial charge on any atom is 0.328 e. The Balaban J connectivity index is 2.67. The molecule has 2 N–H and O–H groups in total. The van der Waals surface area contributed by atoms with Crippen molar-refractivity contribution in [2.75, 3.05) is 0 Å². The second kappa shape index (κ2) is 6.11. The van der Waals surface area contributed by atoms with Crippen molar-refractivity contribution < 1.29 is 14.5 Å². The minimum absolute atomic E-state index is 0.0237. The van der Waals surface area contributed by atoms with Gasteiger partial charge in [0.15, 0.2) is 0 Å². The number of hydrogen-bond acceptors (Lipinski definition) is 5. The van der Waals surface area contributed by atoms with Gasteiger partial charge in [-0.2, -0.15) is 0 Å². The van der Waals surface area contributed by atoms with Crippen molar-refractivity contribution in [3.05, 3.63) is 34.4 Å². The molecule has 0 aromatic heterocycles. The molecule has 18 heavy (non-hydrogen) atoms. The third-order valence-electron chi connectivity index (χ3n) is 2.80. The van der Waals surface area contributed by atoms with Crippen LogP contribution in [0.4, 0.5) is 5.69 Å². The molecule has 6 heteroatoms. The normalized spacial score (nSPS) is 13.7. The largest absolute Gasteiger partial charge is 0.425 e. The molecule has 1 aromatic carbocycles. The first-order valence-corrected chi connectivity index (χ1v) is 5.67.